The zero-order valence-electron chi connectivity index (χ0n) is 11.6. The van der Waals surface area contributed by atoms with Crippen LogP contribution in [0.3, 0.4) is 0 Å². The summed E-state index contributed by atoms with van der Waals surface area (Å²) >= 11 is 1.68. The molecule has 0 unspecified atom stereocenters. The first-order chi connectivity index (χ1) is 9.24. The number of rotatable bonds is 6. The molecule has 2 aromatic heterocycles. The molecular formula is C13H21N5S. The molecule has 5 nitrogen and oxygen atoms in total. The minimum atomic E-state index is 0.558. The van der Waals surface area contributed by atoms with E-state index in [4.69, 9.17) is 0 Å². The van der Waals surface area contributed by atoms with Crippen LogP contribution in [0.15, 0.2) is 0 Å². The quantitative estimate of drug-likeness (QED) is 0.825. The average molecular weight is 279 g/mol. The number of fused-ring (bicyclic) bond motifs is 1. The van der Waals surface area contributed by atoms with Gasteiger partial charge in [-0.05, 0) is 25.8 Å². The number of hydrogen-bond donors (Lipinski definition) is 1. The van der Waals surface area contributed by atoms with Gasteiger partial charge in [0.2, 0.25) is 4.96 Å². The molecule has 1 saturated carbocycles. The molecule has 0 aromatic carbocycles. The summed E-state index contributed by atoms with van der Waals surface area (Å²) in [6.07, 6.45) is 5.95. The van der Waals surface area contributed by atoms with Crippen LogP contribution in [0.1, 0.15) is 56.3 Å². The lowest BCUT2D eigenvalue weighted by Gasteiger charge is -2.22. The number of aryl methyl sites for hydroxylation is 1. The Bertz CT molecular complexity index is 540. The Hall–Kier alpha value is -1.01. The van der Waals surface area contributed by atoms with E-state index in [0.717, 1.165) is 30.2 Å². The highest BCUT2D eigenvalue weighted by Crippen LogP contribution is 2.35. The summed E-state index contributed by atoms with van der Waals surface area (Å²) in [5, 5.41) is 17.8. The molecule has 1 aliphatic rings. The normalized spacial score (nSPS) is 16.4. The van der Waals surface area contributed by atoms with E-state index in [9.17, 15) is 0 Å². The molecule has 1 aliphatic carbocycles. The largest absolute Gasteiger partial charge is 0.315 e. The summed E-state index contributed by atoms with van der Waals surface area (Å²) in [6, 6.07) is 0.558. The summed E-state index contributed by atoms with van der Waals surface area (Å²) in [6.45, 7) is 5.40. The van der Waals surface area contributed by atoms with Crippen molar-refractivity contribution in [3.8, 4) is 0 Å². The van der Waals surface area contributed by atoms with Crippen molar-refractivity contribution in [3.63, 3.8) is 0 Å². The Kier molecular flexibility index (Phi) is 3.79. The SMILES string of the molecule is CC(C)NCCCc1nn2c(C3CCC3)nnc2s1. The van der Waals surface area contributed by atoms with Crippen molar-refractivity contribution in [1.82, 2.24) is 25.1 Å². The second-order valence-electron chi connectivity index (χ2n) is 5.59. The lowest BCUT2D eigenvalue weighted by molar-refractivity contribution is 0.395. The Labute approximate surface area is 117 Å². The molecule has 104 valence electrons. The van der Waals surface area contributed by atoms with Gasteiger partial charge in [-0.15, -0.1) is 10.2 Å². The summed E-state index contributed by atoms with van der Waals surface area (Å²) in [7, 11) is 0. The monoisotopic (exact) mass is 279 g/mol. The van der Waals surface area contributed by atoms with Crippen molar-refractivity contribution >= 4 is 16.3 Å². The van der Waals surface area contributed by atoms with Crippen LogP contribution in [0.25, 0.3) is 4.96 Å². The number of aromatic nitrogens is 4. The third-order valence-corrected chi connectivity index (χ3v) is 4.61. The van der Waals surface area contributed by atoms with E-state index in [2.05, 4.69) is 34.5 Å². The minimum Gasteiger partial charge on any atom is -0.315 e. The van der Waals surface area contributed by atoms with Crippen molar-refractivity contribution in [2.75, 3.05) is 6.54 Å². The fourth-order valence-corrected chi connectivity index (χ4v) is 3.21. The zero-order chi connectivity index (χ0) is 13.2. The predicted molar refractivity (Wildman–Crippen MR) is 76.7 cm³/mol. The van der Waals surface area contributed by atoms with E-state index < -0.39 is 0 Å². The van der Waals surface area contributed by atoms with E-state index in [-0.39, 0.29) is 0 Å². The van der Waals surface area contributed by atoms with E-state index in [0.29, 0.717) is 12.0 Å². The average Bonchev–Trinajstić information content (AvgIpc) is 2.84. The highest BCUT2D eigenvalue weighted by molar-refractivity contribution is 7.16. The van der Waals surface area contributed by atoms with Crippen LogP contribution in [-0.2, 0) is 6.42 Å². The Morgan fingerprint density at radius 1 is 1.37 bits per heavy atom. The lowest BCUT2D eigenvalue weighted by Crippen LogP contribution is -2.23. The van der Waals surface area contributed by atoms with Gasteiger partial charge < -0.3 is 5.32 Å². The lowest BCUT2D eigenvalue weighted by atomic mass is 9.85. The van der Waals surface area contributed by atoms with E-state index in [1.54, 1.807) is 11.3 Å². The molecule has 0 aliphatic heterocycles. The molecule has 0 amide bonds. The molecule has 0 bridgehead atoms. The van der Waals surface area contributed by atoms with Crippen LogP contribution in [0.2, 0.25) is 0 Å². The van der Waals surface area contributed by atoms with Gasteiger partial charge in [0.05, 0.1) is 0 Å². The van der Waals surface area contributed by atoms with Gasteiger partial charge in [-0.3, -0.25) is 0 Å². The van der Waals surface area contributed by atoms with Gasteiger partial charge in [0.15, 0.2) is 5.82 Å². The van der Waals surface area contributed by atoms with Crippen LogP contribution in [0.4, 0.5) is 0 Å². The number of nitrogens with zero attached hydrogens (tertiary/aromatic N) is 4. The molecule has 1 fully saturated rings. The molecule has 2 heterocycles. The molecule has 0 spiro atoms. The second kappa shape index (κ2) is 5.54. The van der Waals surface area contributed by atoms with Crippen LogP contribution >= 0.6 is 11.3 Å². The van der Waals surface area contributed by atoms with Crippen LogP contribution in [0.5, 0.6) is 0 Å². The van der Waals surface area contributed by atoms with Gasteiger partial charge in [-0.2, -0.15) is 9.61 Å². The summed E-state index contributed by atoms with van der Waals surface area (Å²) in [4.78, 5) is 0.953. The van der Waals surface area contributed by atoms with Gasteiger partial charge in [0, 0.05) is 18.4 Å². The third-order valence-electron chi connectivity index (χ3n) is 3.65. The summed E-state index contributed by atoms with van der Waals surface area (Å²) in [5.74, 6) is 1.66. The molecule has 0 saturated heterocycles. The molecule has 2 aromatic rings. The Morgan fingerprint density at radius 3 is 2.89 bits per heavy atom. The fourth-order valence-electron chi connectivity index (χ4n) is 2.32. The topological polar surface area (TPSA) is 55.1 Å². The van der Waals surface area contributed by atoms with Crippen LogP contribution < -0.4 is 5.32 Å². The second-order valence-corrected chi connectivity index (χ2v) is 6.63. The fraction of sp³-hybridized carbons (Fsp3) is 0.769. The molecule has 19 heavy (non-hydrogen) atoms. The molecule has 1 N–H and O–H groups in total. The van der Waals surface area contributed by atoms with Gasteiger partial charge in [0.1, 0.15) is 5.01 Å². The first-order valence-corrected chi connectivity index (χ1v) is 8.00. The number of nitrogens with one attached hydrogen (secondary N) is 1. The van der Waals surface area contributed by atoms with E-state index in [1.807, 2.05) is 4.52 Å². The first kappa shape index (κ1) is 13.0. The van der Waals surface area contributed by atoms with Crippen molar-refractivity contribution in [2.24, 2.45) is 0 Å². The predicted octanol–water partition coefficient (Wildman–Crippen LogP) is 2.38. The van der Waals surface area contributed by atoms with Crippen molar-refractivity contribution < 1.29 is 0 Å². The van der Waals surface area contributed by atoms with Gasteiger partial charge >= 0.3 is 0 Å². The molecule has 0 radical (unpaired) electrons. The smallest absolute Gasteiger partial charge is 0.234 e. The van der Waals surface area contributed by atoms with Gasteiger partial charge in [-0.25, -0.2) is 0 Å². The molecular weight excluding hydrogens is 258 g/mol. The van der Waals surface area contributed by atoms with Gasteiger partial charge in [0.25, 0.3) is 0 Å². The Balaban J connectivity index is 1.63. The van der Waals surface area contributed by atoms with E-state index in [1.165, 1.54) is 24.3 Å². The van der Waals surface area contributed by atoms with Crippen molar-refractivity contribution in [1.29, 1.82) is 0 Å². The molecule has 3 rings (SSSR count). The highest BCUT2D eigenvalue weighted by atomic mass is 32.1. The van der Waals surface area contributed by atoms with Crippen molar-refractivity contribution in [3.05, 3.63) is 10.8 Å². The maximum absolute atomic E-state index is 4.67. The maximum Gasteiger partial charge on any atom is 0.234 e. The van der Waals surface area contributed by atoms with Crippen molar-refractivity contribution in [2.45, 2.75) is 57.9 Å². The maximum atomic E-state index is 4.67. The zero-order valence-corrected chi connectivity index (χ0v) is 12.4. The number of hydrogen-bond acceptors (Lipinski definition) is 5. The summed E-state index contributed by atoms with van der Waals surface area (Å²) in [5.41, 5.74) is 0. The molecule has 6 heteroatoms. The van der Waals surface area contributed by atoms with Crippen LogP contribution in [-0.4, -0.2) is 32.4 Å². The van der Waals surface area contributed by atoms with Crippen LogP contribution in [0, 0.1) is 0 Å². The van der Waals surface area contributed by atoms with Gasteiger partial charge in [-0.1, -0.05) is 31.6 Å². The minimum absolute atomic E-state index is 0.558. The first-order valence-electron chi connectivity index (χ1n) is 7.18. The molecule has 0 atom stereocenters. The highest BCUT2D eigenvalue weighted by Gasteiger charge is 2.26. The summed E-state index contributed by atoms with van der Waals surface area (Å²) < 4.78 is 1.97. The standard InChI is InChI=1S/C13H21N5S/c1-9(2)14-8-4-7-11-17-18-12(10-5-3-6-10)15-16-13(18)19-11/h9-10,14H,3-8H2,1-2H3. The Morgan fingerprint density at radius 2 is 2.21 bits per heavy atom. The van der Waals surface area contributed by atoms with E-state index >= 15 is 0 Å². The third kappa shape index (κ3) is 2.79.